The zero-order valence-corrected chi connectivity index (χ0v) is 15.6. The molecule has 1 aromatic carbocycles. The Morgan fingerprint density at radius 3 is 2.62 bits per heavy atom. The summed E-state index contributed by atoms with van der Waals surface area (Å²) in [4.78, 5) is 12.5. The maximum absolute atomic E-state index is 12.5. The maximum Gasteiger partial charge on any atom is 0.251 e. The van der Waals surface area contributed by atoms with Crippen molar-refractivity contribution >= 4 is 18.3 Å². The van der Waals surface area contributed by atoms with Crippen LogP contribution in [0.15, 0.2) is 18.2 Å². The number of halogens is 1. The predicted octanol–water partition coefficient (Wildman–Crippen LogP) is 3.15. The summed E-state index contributed by atoms with van der Waals surface area (Å²) in [5.41, 5.74) is 6.09. The van der Waals surface area contributed by atoms with Gasteiger partial charge in [-0.25, -0.2) is 0 Å². The average Bonchev–Trinajstić information content (AvgIpc) is 3.40. The fourth-order valence-electron chi connectivity index (χ4n) is 2.63. The standard InChI is InChI=1S/C18H28N2O3.ClH/c1-4-5-10-23-15-9-6-13(11-16(15)22-3)17(21)20-18(2,12-19)14-7-8-14;/h6,9,11,14H,4-5,7-8,10,12,19H2,1-3H3,(H,20,21);1H. The van der Waals surface area contributed by atoms with Crippen LogP contribution in [0.5, 0.6) is 11.5 Å². The van der Waals surface area contributed by atoms with Gasteiger partial charge in [-0.3, -0.25) is 4.79 Å². The first kappa shape index (κ1) is 20.6. The van der Waals surface area contributed by atoms with Gasteiger partial charge in [0.05, 0.1) is 19.3 Å². The molecule has 1 aliphatic rings. The van der Waals surface area contributed by atoms with E-state index in [1.165, 1.54) is 0 Å². The van der Waals surface area contributed by atoms with Crippen LogP contribution in [0.4, 0.5) is 0 Å². The van der Waals surface area contributed by atoms with Crippen molar-refractivity contribution in [1.29, 1.82) is 0 Å². The van der Waals surface area contributed by atoms with E-state index >= 15 is 0 Å². The van der Waals surface area contributed by atoms with Crippen molar-refractivity contribution in [2.45, 2.75) is 45.1 Å². The highest BCUT2D eigenvalue weighted by Crippen LogP contribution is 2.39. The van der Waals surface area contributed by atoms with E-state index in [1.54, 1.807) is 25.3 Å². The highest BCUT2D eigenvalue weighted by Gasteiger charge is 2.41. The molecule has 0 aliphatic heterocycles. The van der Waals surface area contributed by atoms with E-state index in [0.29, 0.717) is 36.1 Å². The van der Waals surface area contributed by atoms with E-state index in [-0.39, 0.29) is 23.9 Å². The lowest BCUT2D eigenvalue weighted by atomic mass is 9.95. The molecule has 3 N–H and O–H groups in total. The number of hydrogen-bond donors (Lipinski definition) is 2. The van der Waals surface area contributed by atoms with Gasteiger partial charge in [0, 0.05) is 12.1 Å². The van der Waals surface area contributed by atoms with Gasteiger partial charge in [0.25, 0.3) is 5.91 Å². The van der Waals surface area contributed by atoms with E-state index in [4.69, 9.17) is 15.2 Å². The minimum atomic E-state index is -0.333. The first-order valence-corrected chi connectivity index (χ1v) is 8.37. The topological polar surface area (TPSA) is 73.6 Å². The molecule has 1 aliphatic carbocycles. The molecule has 1 amide bonds. The Kier molecular flexibility index (Phi) is 7.84. The molecule has 0 aromatic heterocycles. The number of nitrogens with two attached hydrogens (primary N) is 1. The van der Waals surface area contributed by atoms with Gasteiger partial charge in [0.1, 0.15) is 0 Å². The minimum absolute atomic E-state index is 0. The zero-order chi connectivity index (χ0) is 16.9. The molecule has 5 nitrogen and oxygen atoms in total. The summed E-state index contributed by atoms with van der Waals surface area (Å²) >= 11 is 0. The van der Waals surface area contributed by atoms with Crippen LogP contribution in [0.1, 0.15) is 49.9 Å². The molecule has 1 aromatic rings. The lowest BCUT2D eigenvalue weighted by Crippen LogP contribution is -2.53. The molecule has 0 saturated heterocycles. The summed E-state index contributed by atoms with van der Waals surface area (Å²) in [6.07, 6.45) is 4.31. The number of unbranched alkanes of at least 4 members (excludes halogenated alkanes) is 1. The third kappa shape index (κ3) is 5.02. The third-order valence-electron chi connectivity index (χ3n) is 4.48. The molecule has 0 heterocycles. The van der Waals surface area contributed by atoms with Crippen LogP contribution in [0.25, 0.3) is 0 Å². The lowest BCUT2D eigenvalue weighted by Gasteiger charge is -2.29. The van der Waals surface area contributed by atoms with E-state index in [1.807, 2.05) is 6.92 Å². The Morgan fingerprint density at radius 2 is 2.08 bits per heavy atom. The van der Waals surface area contributed by atoms with E-state index in [9.17, 15) is 4.79 Å². The summed E-state index contributed by atoms with van der Waals surface area (Å²) in [6.45, 7) is 5.22. The van der Waals surface area contributed by atoms with Gasteiger partial charge < -0.3 is 20.5 Å². The number of carbonyl (C=O) groups excluding carboxylic acids is 1. The van der Waals surface area contributed by atoms with Crippen LogP contribution < -0.4 is 20.5 Å². The van der Waals surface area contributed by atoms with Gasteiger partial charge in [0.2, 0.25) is 0 Å². The minimum Gasteiger partial charge on any atom is -0.493 e. The Hall–Kier alpha value is -1.46. The number of amides is 1. The second-order valence-electron chi connectivity index (χ2n) is 6.42. The van der Waals surface area contributed by atoms with Gasteiger partial charge in [0.15, 0.2) is 11.5 Å². The largest absolute Gasteiger partial charge is 0.493 e. The highest BCUT2D eigenvalue weighted by atomic mass is 35.5. The SMILES string of the molecule is CCCCOc1ccc(C(=O)NC(C)(CN)C2CC2)cc1OC.Cl. The molecule has 24 heavy (non-hydrogen) atoms. The number of nitrogens with one attached hydrogen (secondary N) is 1. The smallest absolute Gasteiger partial charge is 0.251 e. The number of ether oxygens (including phenoxy) is 2. The molecule has 0 bridgehead atoms. The molecular weight excluding hydrogens is 328 g/mol. The summed E-state index contributed by atoms with van der Waals surface area (Å²) in [5, 5.41) is 3.08. The summed E-state index contributed by atoms with van der Waals surface area (Å²) in [5.74, 6) is 1.61. The average molecular weight is 357 g/mol. The molecular formula is C18H29ClN2O3. The number of carbonyl (C=O) groups is 1. The molecule has 1 fully saturated rings. The number of rotatable bonds is 9. The Morgan fingerprint density at radius 1 is 1.38 bits per heavy atom. The molecule has 0 spiro atoms. The van der Waals surface area contributed by atoms with Gasteiger partial charge >= 0.3 is 0 Å². The van der Waals surface area contributed by atoms with Crippen LogP contribution in [-0.4, -0.2) is 31.7 Å². The first-order valence-electron chi connectivity index (χ1n) is 8.37. The van der Waals surface area contributed by atoms with Crippen LogP contribution >= 0.6 is 12.4 Å². The highest BCUT2D eigenvalue weighted by molar-refractivity contribution is 5.95. The fourth-order valence-corrected chi connectivity index (χ4v) is 2.63. The summed E-state index contributed by atoms with van der Waals surface area (Å²) < 4.78 is 11.1. The molecule has 0 radical (unpaired) electrons. The fraction of sp³-hybridized carbons (Fsp3) is 0.611. The van der Waals surface area contributed by atoms with Gasteiger partial charge in [-0.1, -0.05) is 13.3 Å². The van der Waals surface area contributed by atoms with Crippen molar-refractivity contribution in [3.63, 3.8) is 0 Å². The number of benzene rings is 1. The normalized spacial score (nSPS) is 15.8. The lowest BCUT2D eigenvalue weighted by molar-refractivity contribution is 0.0897. The molecule has 6 heteroatoms. The van der Waals surface area contributed by atoms with Gasteiger partial charge in [-0.2, -0.15) is 0 Å². The molecule has 1 unspecified atom stereocenters. The first-order chi connectivity index (χ1) is 11.0. The van der Waals surface area contributed by atoms with Gasteiger partial charge in [-0.05, 0) is 50.3 Å². The predicted molar refractivity (Wildman–Crippen MR) is 98.3 cm³/mol. The number of hydrogen-bond acceptors (Lipinski definition) is 4. The van der Waals surface area contributed by atoms with Crippen LogP contribution in [0.3, 0.4) is 0 Å². The van der Waals surface area contributed by atoms with Crippen molar-refractivity contribution in [1.82, 2.24) is 5.32 Å². The molecule has 136 valence electrons. The van der Waals surface area contributed by atoms with E-state index in [0.717, 1.165) is 25.7 Å². The van der Waals surface area contributed by atoms with Crippen molar-refractivity contribution < 1.29 is 14.3 Å². The molecule has 2 rings (SSSR count). The maximum atomic E-state index is 12.5. The summed E-state index contributed by atoms with van der Waals surface area (Å²) in [6, 6.07) is 5.28. The Balaban J connectivity index is 0.00000288. The zero-order valence-electron chi connectivity index (χ0n) is 14.8. The van der Waals surface area contributed by atoms with E-state index in [2.05, 4.69) is 12.2 Å². The number of methoxy groups -OCH3 is 1. The summed E-state index contributed by atoms with van der Waals surface area (Å²) in [7, 11) is 1.58. The quantitative estimate of drug-likeness (QED) is 0.666. The molecule has 1 atom stereocenters. The Bertz CT molecular complexity index is 549. The second-order valence-corrected chi connectivity index (χ2v) is 6.42. The van der Waals surface area contributed by atoms with Crippen molar-refractivity contribution in [3.05, 3.63) is 23.8 Å². The van der Waals surface area contributed by atoms with E-state index < -0.39 is 0 Å². The monoisotopic (exact) mass is 356 g/mol. The van der Waals surface area contributed by atoms with Crippen LogP contribution in [0, 0.1) is 5.92 Å². The molecule has 1 saturated carbocycles. The van der Waals surface area contributed by atoms with Gasteiger partial charge in [-0.15, -0.1) is 12.4 Å². The second kappa shape index (κ2) is 9.14. The third-order valence-corrected chi connectivity index (χ3v) is 4.48. The van der Waals surface area contributed by atoms with Crippen LogP contribution in [-0.2, 0) is 0 Å². The van der Waals surface area contributed by atoms with Crippen molar-refractivity contribution in [3.8, 4) is 11.5 Å². The van der Waals surface area contributed by atoms with Crippen LogP contribution in [0.2, 0.25) is 0 Å². The van der Waals surface area contributed by atoms with Crippen molar-refractivity contribution in [2.75, 3.05) is 20.3 Å². The Labute approximate surface area is 150 Å². The van der Waals surface area contributed by atoms with Crippen molar-refractivity contribution in [2.24, 2.45) is 11.7 Å².